The highest BCUT2D eigenvalue weighted by molar-refractivity contribution is 7.85. The summed E-state index contributed by atoms with van der Waals surface area (Å²) in [6.45, 7) is -0.529. The number of halogens is 1. The molecule has 1 fully saturated rings. The Balaban J connectivity index is 0.000000621. The largest absolute Gasteiger partial charge is 0.493 e. The minimum absolute atomic E-state index is 0. The average molecular weight is 646 g/mol. The first-order valence-corrected chi connectivity index (χ1v) is 14.8. The molecule has 15 heteroatoms. The molecule has 0 radical (unpaired) electrons. The first-order valence-electron chi connectivity index (χ1n) is 13.2. The number of rotatable bonds is 10. The van der Waals surface area contributed by atoms with E-state index in [4.69, 9.17) is 23.9 Å². The second-order valence-electron chi connectivity index (χ2n) is 9.67. The van der Waals surface area contributed by atoms with E-state index in [0.717, 1.165) is 5.39 Å². The summed E-state index contributed by atoms with van der Waals surface area (Å²) in [5.41, 5.74) is 0.517. The number of hydrogen-bond acceptors (Lipinski definition) is 9. The highest BCUT2D eigenvalue weighted by Gasteiger charge is 2.56. The highest BCUT2D eigenvalue weighted by Crippen LogP contribution is 2.47. The molecular formula is C30H32FN3O10S. The summed E-state index contributed by atoms with van der Waals surface area (Å²) in [7, 11) is -0.800. The summed E-state index contributed by atoms with van der Waals surface area (Å²) >= 11 is 0. The van der Waals surface area contributed by atoms with E-state index >= 15 is 0 Å². The quantitative estimate of drug-likeness (QED) is 0.146. The lowest BCUT2D eigenvalue weighted by molar-refractivity contribution is -0.131. The van der Waals surface area contributed by atoms with E-state index in [1.54, 1.807) is 62.9 Å². The van der Waals surface area contributed by atoms with Crippen molar-refractivity contribution in [3.05, 3.63) is 78.7 Å². The van der Waals surface area contributed by atoms with Gasteiger partial charge in [0.1, 0.15) is 22.7 Å². The number of carbonyl (C=O) groups excluding carboxylic acids is 2. The molecule has 3 aromatic carbocycles. The summed E-state index contributed by atoms with van der Waals surface area (Å²) < 4.78 is 57.0. The fourth-order valence-electron chi connectivity index (χ4n) is 4.10. The molecule has 0 saturated heterocycles. The standard InChI is InChI=1S/C28H24FN3O5.C2H6O4S.H2O/c1-35-24-15-21-22(16-25(24)36-2)30-14-11-23(21)37-20-9-7-19(8-10-20)32-27(34)28(12-13-28)26(33)31-18-5-3-17(29)4-6-18;3-1-2-7(4,5)6;/h3-11,14-16H,12-13H2,1-2H3,(H,31,33)(H,32,34);3H,1-2H2,(H,4,5,6);1H2. The van der Waals surface area contributed by atoms with Crippen molar-refractivity contribution in [2.24, 2.45) is 5.41 Å². The van der Waals surface area contributed by atoms with Gasteiger partial charge in [-0.2, -0.15) is 8.42 Å². The average Bonchev–Trinajstić information content (AvgIpc) is 3.81. The number of benzene rings is 3. The number of amides is 2. The van der Waals surface area contributed by atoms with Crippen molar-refractivity contribution >= 4 is 44.2 Å². The van der Waals surface area contributed by atoms with E-state index in [-0.39, 0.29) is 11.4 Å². The Morgan fingerprint density at radius 2 is 1.42 bits per heavy atom. The zero-order valence-corrected chi connectivity index (χ0v) is 25.1. The van der Waals surface area contributed by atoms with Gasteiger partial charge in [-0.05, 0) is 73.5 Å². The molecule has 6 N–H and O–H groups in total. The maximum atomic E-state index is 13.1. The number of methoxy groups -OCH3 is 2. The van der Waals surface area contributed by atoms with Gasteiger partial charge in [0.2, 0.25) is 11.8 Å². The van der Waals surface area contributed by atoms with Gasteiger partial charge in [0.05, 0.1) is 32.1 Å². The zero-order chi connectivity index (χ0) is 31.9. The summed E-state index contributed by atoms with van der Waals surface area (Å²) in [6.07, 6.45) is 2.52. The molecule has 1 aliphatic rings. The fraction of sp³-hybridized carbons (Fsp3) is 0.233. The van der Waals surface area contributed by atoms with Crippen LogP contribution in [0.15, 0.2) is 72.9 Å². The number of nitrogens with one attached hydrogen (secondary N) is 2. The minimum atomic E-state index is -3.92. The van der Waals surface area contributed by atoms with Crippen molar-refractivity contribution in [2.45, 2.75) is 12.8 Å². The molecule has 240 valence electrons. The summed E-state index contributed by atoms with van der Waals surface area (Å²) in [4.78, 5) is 30.1. The first-order chi connectivity index (χ1) is 21.0. The third kappa shape index (κ3) is 8.86. The summed E-state index contributed by atoms with van der Waals surface area (Å²) in [5, 5.41) is 14.1. The molecule has 13 nitrogen and oxygen atoms in total. The molecule has 1 aliphatic carbocycles. The molecule has 0 bridgehead atoms. The molecule has 1 saturated carbocycles. The van der Waals surface area contributed by atoms with Gasteiger partial charge in [-0.25, -0.2) is 4.39 Å². The number of hydrogen-bond donors (Lipinski definition) is 4. The van der Waals surface area contributed by atoms with E-state index in [9.17, 15) is 22.4 Å². The Bertz CT molecular complexity index is 1750. The third-order valence-corrected chi connectivity index (χ3v) is 7.32. The zero-order valence-electron chi connectivity index (χ0n) is 24.2. The second-order valence-corrected chi connectivity index (χ2v) is 11.2. The molecule has 4 aromatic rings. The molecule has 45 heavy (non-hydrogen) atoms. The van der Waals surface area contributed by atoms with Crippen molar-refractivity contribution in [3.8, 4) is 23.0 Å². The molecule has 0 unspecified atom stereocenters. The van der Waals surface area contributed by atoms with Gasteiger partial charge in [-0.3, -0.25) is 19.1 Å². The van der Waals surface area contributed by atoms with Crippen LogP contribution in [0.25, 0.3) is 10.9 Å². The number of aromatic nitrogens is 1. The van der Waals surface area contributed by atoms with Gasteiger partial charge in [0, 0.05) is 29.0 Å². The predicted molar refractivity (Wildman–Crippen MR) is 164 cm³/mol. The smallest absolute Gasteiger partial charge is 0.267 e. The number of aliphatic hydroxyl groups is 1. The highest BCUT2D eigenvalue weighted by atomic mass is 32.2. The topological polar surface area (TPSA) is 205 Å². The van der Waals surface area contributed by atoms with Crippen LogP contribution in [0, 0.1) is 11.2 Å². The molecular weight excluding hydrogens is 613 g/mol. The lowest BCUT2D eigenvalue weighted by atomic mass is 10.0. The van der Waals surface area contributed by atoms with Crippen LogP contribution in [0.1, 0.15) is 12.8 Å². The Morgan fingerprint density at radius 1 is 0.889 bits per heavy atom. The van der Waals surface area contributed by atoms with E-state index in [2.05, 4.69) is 15.6 Å². The van der Waals surface area contributed by atoms with Crippen LogP contribution < -0.4 is 24.8 Å². The lowest BCUT2D eigenvalue weighted by Gasteiger charge is -2.16. The Kier molecular flexibility index (Phi) is 11.4. The Labute approximate surface area is 258 Å². The van der Waals surface area contributed by atoms with Crippen LogP contribution in [-0.2, 0) is 19.7 Å². The van der Waals surface area contributed by atoms with Crippen LogP contribution in [0.4, 0.5) is 15.8 Å². The lowest BCUT2D eigenvalue weighted by Crippen LogP contribution is -2.35. The fourth-order valence-corrected chi connectivity index (χ4v) is 4.33. The molecule has 1 aromatic heterocycles. The molecule has 0 spiro atoms. The van der Waals surface area contributed by atoms with E-state index in [1.165, 1.54) is 24.3 Å². The molecule has 1 heterocycles. The predicted octanol–water partition coefficient (Wildman–Crippen LogP) is 3.58. The van der Waals surface area contributed by atoms with Gasteiger partial charge < -0.3 is 35.4 Å². The normalized spacial score (nSPS) is 12.9. The van der Waals surface area contributed by atoms with Crippen LogP contribution in [0.3, 0.4) is 0 Å². The summed E-state index contributed by atoms with van der Waals surface area (Å²) in [6, 6.07) is 17.6. The maximum Gasteiger partial charge on any atom is 0.267 e. The van der Waals surface area contributed by atoms with E-state index < -0.39 is 39.6 Å². The Morgan fingerprint density at radius 3 is 1.89 bits per heavy atom. The summed E-state index contributed by atoms with van der Waals surface area (Å²) in [5.74, 6) is 0.486. The number of carbonyl (C=O) groups is 2. The van der Waals surface area contributed by atoms with Gasteiger partial charge in [-0.1, -0.05) is 0 Å². The monoisotopic (exact) mass is 645 g/mol. The maximum absolute atomic E-state index is 13.1. The van der Waals surface area contributed by atoms with Crippen LogP contribution >= 0.6 is 0 Å². The molecule has 0 aliphatic heterocycles. The number of ether oxygens (including phenoxy) is 3. The van der Waals surface area contributed by atoms with E-state index in [0.29, 0.717) is 52.7 Å². The molecule has 2 amide bonds. The number of fused-ring (bicyclic) bond motifs is 1. The second kappa shape index (κ2) is 14.8. The van der Waals surface area contributed by atoms with Gasteiger partial charge in [-0.15, -0.1) is 0 Å². The van der Waals surface area contributed by atoms with Gasteiger partial charge in [0.25, 0.3) is 10.1 Å². The van der Waals surface area contributed by atoms with Crippen molar-refractivity contribution in [1.29, 1.82) is 0 Å². The molecule has 5 rings (SSSR count). The first kappa shape index (κ1) is 34.7. The van der Waals surface area contributed by atoms with Crippen molar-refractivity contribution in [1.82, 2.24) is 4.98 Å². The van der Waals surface area contributed by atoms with Crippen LogP contribution in [-0.4, -0.2) is 66.9 Å². The van der Waals surface area contributed by atoms with Crippen LogP contribution in [0.5, 0.6) is 23.0 Å². The Hall–Kier alpha value is -4.83. The SMILES string of the molecule is COc1cc2nccc(Oc3ccc(NC(=O)C4(C(=O)Nc5ccc(F)cc5)CC4)cc3)c2cc1OC.O.O=S(=O)(O)CCO. The van der Waals surface area contributed by atoms with Crippen molar-refractivity contribution < 1.29 is 51.7 Å². The number of anilines is 2. The third-order valence-electron chi connectivity index (χ3n) is 6.62. The number of aliphatic hydroxyl groups excluding tert-OH is 1. The van der Waals surface area contributed by atoms with E-state index in [1.807, 2.05) is 0 Å². The van der Waals surface area contributed by atoms with Gasteiger partial charge >= 0.3 is 0 Å². The van der Waals surface area contributed by atoms with Crippen LogP contribution in [0.2, 0.25) is 0 Å². The van der Waals surface area contributed by atoms with Crippen molar-refractivity contribution in [2.75, 3.05) is 37.2 Å². The number of pyridine rings is 1. The van der Waals surface area contributed by atoms with Crippen molar-refractivity contribution in [3.63, 3.8) is 0 Å². The minimum Gasteiger partial charge on any atom is -0.493 e. The molecule has 0 atom stereocenters. The number of nitrogens with zero attached hydrogens (tertiary/aromatic N) is 1. The van der Waals surface area contributed by atoms with Gasteiger partial charge in [0.15, 0.2) is 11.5 Å².